The molecule has 0 bridgehead atoms. The number of rotatable bonds is 6. The zero-order valence-corrected chi connectivity index (χ0v) is 15.6. The number of amides is 1. The average molecular weight is 422 g/mol. The first-order valence-corrected chi connectivity index (χ1v) is 8.07. The average Bonchev–Trinajstić information content (AvgIpc) is 2.87. The molecule has 0 spiro atoms. The van der Waals surface area contributed by atoms with Gasteiger partial charge in [-0.25, -0.2) is 0 Å². The smallest absolute Gasteiger partial charge is 0.434 e. The number of nitro groups is 1. The molecule has 1 aromatic carbocycles. The lowest BCUT2D eigenvalue weighted by molar-refractivity contribution is -0.384. The number of alkyl halides is 3. The number of benzene rings is 1. The van der Waals surface area contributed by atoms with Gasteiger partial charge in [-0.3, -0.25) is 19.6 Å². The van der Waals surface area contributed by atoms with Crippen molar-refractivity contribution in [1.29, 1.82) is 0 Å². The van der Waals surface area contributed by atoms with Gasteiger partial charge in [0.2, 0.25) is 5.91 Å². The normalized spacial score (nSPS) is 12.4. The highest BCUT2D eigenvalue weighted by Gasteiger charge is 2.39. The third kappa shape index (κ3) is 4.44. The Labute approximate surface area is 161 Å². The quantitative estimate of drug-likeness (QED) is 0.546. The summed E-state index contributed by atoms with van der Waals surface area (Å²) in [6.07, 6.45) is -4.74. The van der Waals surface area contributed by atoms with E-state index in [1.807, 2.05) is 0 Å². The molecule has 0 aliphatic heterocycles. The van der Waals surface area contributed by atoms with Gasteiger partial charge >= 0.3 is 6.18 Å². The second kappa shape index (κ2) is 7.92. The number of nitrogens with one attached hydrogen (secondary N) is 2. The van der Waals surface area contributed by atoms with E-state index in [2.05, 4.69) is 15.7 Å². The van der Waals surface area contributed by atoms with Crippen molar-refractivity contribution in [3.63, 3.8) is 0 Å². The number of anilines is 1. The molecule has 1 aromatic heterocycles. The maximum absolute atomic E-state index is 13.0. The van der Waals surface area contributed by atoms with Gasteiger partial charge < -0.3 is 15.4 Å². The maximum atomic E-state index is 13.0. The monoisotopic (exact) mass is 421 g/mol. The number of aromatic nitrogens is 2. The number of carbonyl (C=O) groups excluding carboxylic acids is 1. The van der Waals surface area contributed by atoms with Gasteiger partial charge in [-0.15, -0.1) is 5.10 Å². The number of hydrogen-bond donors (Lipinski definition) is 2. The van der Waals surface area contributed by atoms with Gasteiger partial charge in [-0.2, -0.15) is 13.2 Å². The molecule has 28 heavy (non-hydrogen) atoms. The van der Waals surface area contributed by atoms with Crippen LogP contribution in [0.1, 0.15) is 12.6 Å². The highest BCUT2D eigenvalue weighted by atomic mass is 35.5. The molecule has 152 valence electrons. The summed E-state index contributed by atoms with van der Waals surface area (Å²) in [6.45, 7) is 1.47. The number of nitro benzene ring substituents is 1. The van der Waals surface area contributed by atoms with Crippen LogP contribution in [0, 0.1) is 10.1 Å². The Balaban J connectivity index is 2.39. The SMILES string of the molecule is CNC(=O)[C@@H](C)Nc1cc(Oc2nn(C)c(C(F)(F)F)c2Cl)ccc1[N+](=O)[O-]. The van der Waals surface area contributed by atoms with Gasteiger partial charge in [0.15, 0.2) is 5.69 Å². The first-order chi connectivity index (χ1) is 13.0. The van der Waals surface area contributed by atoms with Crippen molar-refractivity contribution >= 4 is 28.9 Å². The minimum Gasteiger partial charge on any atom is -0.436 e. The number of hydrogen-bond acceptors (Lipinski definition) is 6. The predicted molar refractivity (Wildman–Crippen MR) is 93.5 cm³/mol. The Bertz CT molecular complexity index is 916. The standard InChI is InChI=1S/C15H15ClF3N5O4/c1-7(13(25)20-2)21-9-6-8(4-5-10(9)24(26)27)28-14-11(16)12(15(17,18)19)23(3)22-14/h4-7,21H,1-3H3,(H,20,25)/t7-/m1/s1. The fraction of sp³-hybridized carbons (Fsp3) is 0.333. The molecule has 2 N–H and O–H groups in total. The Morgan fingerprint density at radius 3 is 2.57 bits per heavy atom. The van der Waals surface area contributed by atoms with E-state index in [-0.39, 0.29) is 17.1 Å². The maximum Gasteiger partial charge on any atom is 0.434 e. The van der Waals surface area contributed by atoms with Crippen molar-refractivity contribution in [3.05, 3.63) is 39.0 Å². The predicted octanol–water partition coefficient (Wildman–Crippen LogP) is 3.34. The van der Waals surface area contributed by atoms with Crippen molar-refractivity contribution in [3.8, 4) is 11.6 Å². The van der Waals surface area contributed by atoms with Crippen LogP contribution in [-0.2, 0) is 18.0 Å². The molecule has 1 amide bonds. The van der Waals surface area contributed by atoms with Crippen molar-refractivity contribution in [1.82, 2.24) is 15.1 Å². The molecule has 0 saturated carbocycles. The van der Waals surface area contributed by atoms with E-state index in [1.54, 1.807) is 0 Å². The Kier molecular flexibility index (Phi) is 6.02. The van der Waals surface area contributed by atoms with Crippen LogP contribution in [0.3, 0.4) is 0 Å². The number of nitrogens with zero attached hydrogens (tertiary/aromatic N) is 3. The van der Waals surface area contributed by atoms with E-state index in [0.717, 1.165) is 19.2 Å². The Morgan fingerprint density at radius 2 is 2.07 bits per heavy atom. The van der Waals surface area contributed by atoms with E-state index >= 15 is 0 Å². The van der Waals surface area contributed by atoms with Crippen molar-refractivity contribution in [2.75, 3.05) is 12.4 Å². The summed E-state index contributed by atoms with van der Waals surface area (Å²) in [5.41, 5.74) is -1.62. The molecule has 0 saturated heterocycles. The first-order valence-electron chi connectivity index (χ1n) is 7.69. The van der Waals surface area contributed by atoms with E-state index in [4.69, 9.17) is 16.3 Å². The fourth-order valence-corrected chi connectivity index (χ4v) is 2.63. The second-order valence-corrected chi connectivity index (χ2v) is 5.99. The topological polar surface area (TPSA) is 111 Å². The van der Waals surface area contributed by atoms with Crippen LogP contribution in [0.25, 0.3) is 0 Å². The summed E-state index contributed by atoms with van der Waals surface area (Å²) in [4.78, 5) is 22.1. The molecule has 0 unspecified atom stereocenters. The number of likely N-dealkylation sites (N-methyl/N-ethyl adjacent to an activating group) is 1. The largest absolute Gasteiger partial charge is 0.436 e. The highest BCUT2D eigenvalue weighted by Crippen LogP contribution is 2.41. The lowest BCUT2D eigenvalue weighted by Crippen LogP contribution is -2.35. The molecule has 9 nitrogen and oxygen atoms in total. The first kappa shape index (κ1) is 21.3. The Hall–Kier alpha value is -3.02. The van der Waals surface area contributed by atoms with Crippen LogP contribution in [-0.4, -0.2) is 33.7 Å². The summed E-state index contributed by atoms with van der Waals surface area (Å²) in [5, 5.41) is 19.1. The van der Waals surface area contributed by atoms with Crippen LogP contribution in [0.5, 0.6) is 11.6 Å². The molecule has 0 radical (unpaired) electrons. The van der Waals surface area contributed by atoms with Gasteiger partial charge in [0, 0.05) is 26.2 Å². The molecule has 1 heterocycles. The highest BCUT2D eigenvalue weighted by molar-refractivity contribution is 6.32. The number of aryl methyl sites for hydroxylation is 1. The third-order valence-corrected chi connectivity index (χ3v) is 3.96. The number of halogens is 4. The zero-order chi connectivity index (χ0) is 21.2. The van der Waals surface area contributed by atoms with Crippen molar-refractivity contribution in [2.24, 2.45) is 7.05 Å². The lowest BCUT2D eigenvalue weighted by atomic mass is 10.2. The molecular weight excluding hydrogens is 407 g/mol. The van der Waals surface area contributed by atoms with E-state index in [0.29, 0.717) is 4.68 Å². The van der Waals surface area contributed by atoms with E-state index in [1.165, 1.54) is 20.0 Å². The van der Waals surface area contributed by atoms with Gasteiger partial charge in [-0.05, 0) is 13.0 Å². The van der Waals surface area contributed by atoms with E-state index < -0.39 is 39.6 Å². The molecule has 13 heteroatoms. The molecule has 2 aromatic rings. The van der Waals surface area contributed by atoms with Gasteiger partial charge in [-0.1, -0.05) is 11.6 Å². The summed E-state index contributed by atoms with van der Waals surface area (Å²) in [7, 11) is 2.45. The molecule has 0 aliphatic rings. The zero-order valence-electron chi connectivity index (χ0n) is 14.8. The number of ether oxygens (including phenoxy) is 1. The van der Waals surface area contributed by atoms with E-state index in [9.17, 15) is 28.1 Å². The van der Waals surface area contributed by atoms with Crippen LogP contribution in [0.15, 0.2) is 18.2 Å². The lowest BCUT2D eigenvalue weighted by Gasteiger charge is -2.14. The van der Waals surface area contributed by atoms with Crippen molar-refractivity contribution in [2.45, 2.75) is 19.1 Å². The van der Waals surface area contributed by atoms with Gasteiger partial charge in [0.25, 0.3) is 11.6 Å². The minimum absolute atomic E-state index is 0.0640. The van der Waals surface area contributed by atoms with Crippen LogP contribution < -0.4 is 15.4 Å². The summed E-state index contributed by atoms with van der Waals surface area (Å²) in [5.74, 6) is -1.01. The van der Waals surface area contributed by atoms with Crippen LogP contribution in [0.2, 0.25) is 5.02 Å². The summed E-state index contributed by atoms with van der Waals surface area (Å²) >= 11 is 5.73. The molecule has 0 aliphatic carbocycles. The minimum atomic E-state index is -4.74. The second-order valence-electron chi connectivity index (χ2n) is 5.61. The van der Waals surface area contributed by atoms with Crippen LogP contribution in [0.4, 0.5) is 24.5 Å². The fourth-order valence-electron chi connectivity index (χ4n) is 2.33. The van der Waals surface area contributed by atoms with Crippen LogP contribution >= 0.6 is 11.6 Å². The van der Waals surface area contributed by atoms with Gasteiger partial charge in [0.1, 0.15) is 22.5 Å². The number of carbonyl (C=O) groups is 1. The van der Waals surface area contributed by atoms with Gasteiger partial charge in [0.05, 0.1) is 4.92 Å². The third-order valence-electron chi connectivity index (χ3n) is 3.62. The van der Waals surface area contributed by atoms with Crippen molar-refractivity contribution < 1.29 is 27.6 Å². The molecule has 2 rings (SSSR count). The molecule has 1 atom stereocenters. The summed E-state index contributed by atoms with van der Waals surface area (Å²) < 4.78 is 44.8. The molecular formula is C15H15ClF3N5O4. The molecule has 0 fully saturated rings. The Morgan fingerprint density at radius 1 is 1.43 bits per heavy atom. The summed E-state index contributed by atoms with van der Waals surface area (Å²) in [6, 6.07) is 2.59.